The Hall–Kier alpha value is -1.71. The zero-order valence-electron chi connectivity index (χ0n) is 11.0. The molecule has 0 aliphatic carbocycles. The fourth-order valence-corrected chi connectivity index (χ4v) is 1.33. The van der Waals surface area contributed by atoms with Crippen LogP contribution in [0.25, 0.3) is 0 Å². The van der Waals surface area contributed by atoms with Gasteiger partial charge in [0.1, 0.15) is 11.5 Å². The van der Waals surface area contributed by atoms with Crippen molar-refractivity contribution in [1.29, 1.82) is 0 Å². The van der Waals surface area contributed by atoms with Gasteiger partial charge in [-0.05, 0) is 25.5 Å². The van der Waals surface area contributed by atoms with Crippen LogP contribution in [0.2, 0.25) is 0 Å². The summed E-state index contributed by atoms with van der Waals surface area (Å²) >= 11 is 0. The highest BCUT2D eigenvalue weighted by molar-refractivity contribution is 5.71. The molecule has 4 nitrogen and oxygen atoms in total. The van der Waals surface area contributed by atoms with Gasteiger partial charge >= 0.3 is 5.97 Å². The first kappa shape index (κ1) is 14.4. The van der Waals surface area contributed by atoms with Crippen molar-refractivity contribution in [3.63, 3.8) is 0 Å². The molecule has 0 saturated heterocycles. The van der Waals surface area contributed by atoms with E-state index in [4.69, 9.17) is 14.2 Å². The number of esters is 1. The second-order valence-electron chi connectivity index (χ2n) is 3.77. The van der Waals surface area contributed by atoms with E-state index in [9.17, 15) is 4.79 Å². The lowest BCUT2D eigenvalue weighted by Crippen LogP contribution is -2.15. The molecule has 1 aromatic carbocycles. The summed E-state index contributed by atoms with van der Waals surface area (Å²) in [5.41, 5.74) is 0. The van der Waals surface area contributed by atoms with Gasteiger partial charge in [-0.15, -0.1) is 0 Å². The van der Waals surface area contributed by atoms with Crippen LogP contribution < -0.4 is 9.47 Å². The molecule has 18 heavy (non-hydrogen) atoms. The van der Waals surface area contributed by atoms with Crippen LogP contribution >= 0.6 is 0 Å². The third-order valence-corrected chi connectivity index (χ3v) is 2.23. The molecular formula is C14H20O4. The van der Waals surface area contributed by atoms with Crippen LogP contribution in [0, 0.1) is 0 Å². The zero-order valence-corrected chi connectivity index (χ0v) is 11.0. The van der Waals surface area contributed by atoms with Crippen LogP contribution in [0.5, 0.6) is 11.5 Å². The standard InChI is InChI=1S/C14H20O4/c1-3-5-9-17-14(15)11-18-13-8-6-7-12(10-13)16-4-2/h6-8,10H,3-5,9,11H2,1-2H3. The van der Waals surface area contributed by atoms with Crippen molar-refractivity contribution in [3.8, 4) is 11.5 Å². The third kappa shape index (κ3) is 5.57. The molecular weight excluding hydrogens is 232 g/mol. The number of unbranched alkanes of at least 4 members (excludes halogenated alkanes) is 1. The number of carbonyl (C=O) groups is 1. The fourth-order valence-electron chi connectivity index (χ4n) is 1.33. The Morgan fingerprint density at radius 2 is 1.89 bits per heavy atom. The molecule has 0 fully saturated rings. The van der Waals surface area contributed by atoms with Crippen molar-refractivity contribution in [2.45, 2.75) is 26.7 Å². The smallest absolute Gasteiger partial charge is 0.344 e. The molecule has 0 heterocycles. The maximum atomic E-state index is 11.3. The maximum Gasteiger partial charge on any atom is 0.344 e. The summed E-state index contributed by atoms with van der Waals surface area (Å²) in [6.45, 7) is 4.95. The molecule has 0 saturated carbocycles. The Kier molecular flexibility index (Phi) is 6.69. The average Bonchev–Trinajstić information content (AvgIpc) is 2.38. The van der Waals surface area contributed by atoms with Crippen molar-refractivity contribution in [2.75, 3.05) is 19.8 Å². The highest BCUT2D eigenvalue weighted by Gasteiger charge is 2.04. The van der Waals surface area contributed by atoms with Crippen molar-refractivity contribution in [2.24, 2.45) is 0 Å². The summed E-state index contributed by atoms with van der Waals surface area (Å²) in [4.78, 5) is 11.3. The second kappa shape index (κ2) is 8.39. The van der Waals surface area contributed by atoms with E-state index in [0.717, 1.165) is 18.6 Å². The van der Waals surface area contributed by atoms with Crippen LogP contribution in [-0.2, 0) is 9.53 Å². The van der Waals surface area contributed by atoms with Gasteiger partial charge in [-0.25, -0.2) is 4.79 Å². The lowest BCUT2D eigenvalue weighted by molar-refractivity contribution is -0.146. The minimum Gasteiger partial charge on any atom is -0.494 e. The van der Waals surface area contributed by atoms with E-state index in [1.807, 2.05) is 26.0 Å². The molecule has 0 spiro atoms. The first-order chi connectivity index (χ1) is 8.76. The monoisotopic (exact) mass is 252 g/mol. The molecule has 0 N–H and O–H groups in total. The van der Waals surface area contributed by atoms with Crippen molar-refractivity contribution in [3.05, 3.63) is 24.3 Å². The molecule has 4 heteroatoms. The van der Waals surface area contributed by atoms with Gasteiger partial charge in [0, 0.05) is 6.07 Å². The van der Waals surface area contributed by atoms with E-state index in [0.29, 0.717) is 19.0 Å². The van der Waals surface area contributed by atoms with Gasteiger partial charge in [-0.2, -0.15) is 0 Å². The van der Waals surface area contributed by atoms with E-state index >= 15 is 0 Å². The minimum absolute atomic E-state index is 0.0701. The summed E-state index contributed by atoms with van der Waals surface area (Å²) in [5, 5.41) is 0. The number of rotatable bonds is 8. The van der Waals surface area contributed by atoms with Gasteiger partial charge in [0.05, 0.1) is 13.2 Å². The summed E-state index contributed by atoms with van der Waals surface area (Å²) in [5.74, 6) is 0.994. The van der Waals surface area contributed by atoms with Crippen molar-refractivity contribution >= 4 is 5.97 Å². The van der Waals surface area contributed by atoms with E-state index in [-0.39, 0.29) is 12.6 Å². The Bertz CT molecular complexity index is 363. The normalized spacial score (nSPS) is 9.89. The molecule has 0 aromatic heterocycles. The van der Waals surface area contributed by atoms with Gasteiger partial charge in [0.25, 0.3) is 0 Å². The topological polar surface area (TPSA) is 44.8 Å². The van der Waals surface area contributed by atoms with E-state index in [1.165, 1.54) is 0 Å². The largest absolute Gasteiger partial charge is 0.494 e. The number of carbonyl (C=O) groups excluding carboxylic acids is 1. The van der Waals surface area contributed by atoms with Gasteiger partial charge < -0.3 is 14.2 Å². The summed E-state index contributed by atoms with van der Waals surface area (Å²) in [6, 6.07) is 7.20. The fraction of sp³-hybridized carbons (Fsp3) is 0.500. The molecule has 0 bridgehead atoms. The van der Waals surface area contributed by atoms with Crippen LogP contribution in [0.1, 0.15) is 26.7 Å². The second-order valence-corrected chi connectivity index (χ2v) is 3.77. The molecule has 0 atom stereocenters. The van der Waals surface area contributed by atoms with Crippen LogP contribution in [0.3, 0.4) is 0 Å². The molecule has 1 rings (SSSR count). The molecule has 1 aromatic rings. The highest BCUT2D eigenvalue weighted by Crippen LogP contribution is 2.19. The SMILES string of the molecule is CCCCOC(=O)COc1cccc(OCC)c1. The van der Waals surface area contributed by atoms with E-state index in [1.54, 1.807) is 12.1 Å². The Morgan fingerprint density at radius 3 is 2.56 bits per heavy atom. The number of benzene rings is 1. The molecule has 0 unspecified atom stereocenters. The van der Waals surface area contributed by atoms with E-state index in [2.05, 4.69) is 0 Å². The van der Waals surface area contributed by atoms with E-state index < -0.39 is 0 Å². The molecule has 0 radical (unpaired) electrons. The zero-order chi connectivity index (χ0) is 13.2. The summed E-state index contributed by atoms with van der Waals surface area (Å²) in [6.07, 6.45) is 1.89. The lowest BCUT2D eigenvalue weighted by Gasteiger charge is -2.08. The quantitative estimate of drug-likeness (QED) is 0.527. The Labute approximate surface area is 108 Å². The van der Waals surface area contributed by atoms with Gasteiger partial charge in [0.15, 0.2) is 6.61 Å². The van der Waals surface area contributed by atoms with Crippen molar-refractivity contribution in [1.82, 2.24) is 0 Å². The summed E-state index contributed by atoms with van der Waals surface area (Å²) < 4.78 is 15.7. The third-order valence-electron chi connectivity index (χ3n) is 2.23. The first-order valence-electron chi connectivity index (χ1n) is 6.27. The highest BCUT2D eigenvalue weighted by atomic mass is 16.6. The Balaban J connectivity index is 2.33. The first-order valence-corrected chi connectivity index (χ1v) is 6.27. The van der Waals surface area contributed by atoms with Gasteiger partial charge in [-0.1, -0.05) is 19.4 Å². The van der Waals surface area contributed by atoms with Gasteiger partial charge in [0.2, 0.25) is 0 Å². The minimum atomic E-state index is -0.342. The predicted molar refractivity (Wildman–Crippen MR) is 69.0 cm³/mol. The van der Waals surface area contributed by atoms with Gasteiger partial charge in [-0.3, -0.25) is 0 Å². The average molecular weight is 252 g/mol. The molecule has 100 valence electrons. The van der Waals surface area contributed by atoms with Crippen LogP contribution in [0.4, 0.5) is 0 Å². The number of ether oxygens (including phenoxy) is 3. The molecule has 0 aliphatic rings. The number of hydrogen-bond acceptors (Lipinski definition) is 4. The molecule has 0 aliphatic heterocycles. The number of hydrogen-bond donors (Lipinski definition) is 0. The maximum absolute atomic E-state index is 11.3. The summed E-state index contributed by atoms with van der Waals surface area (Å²) in [7, 11) is 0. The Morgan fingerprint density at radius 1 is 1.17 bits per heavy atom. The van der Waals surface area contributed by atoms with Crippen LogP contribution in [0.15, 0.2) is 24.3 Å². The lowest BCUT2D eigenvalue weighted by atomic mass is 10.3. The predicted octanol–water partition coefficient (Wildman–Crippen LogP) is 2.81. The van der Waals surface area contributed by atoms with Crippen molar-refractivity contribution < 1.29 is 19.0 Å². The van der Waals surface area contributed by atoms with Crippen LogP contribution in [-0.4, -0.2) is 25.8 Å². The molecule has 0 amide bonds.